The topological polar surface area (TPSA) is 63.2 Å². The maximum Gasteiger partial charge on any atom is 0.227 e. The van der Waals surface area contributed by atoms with Gasteiger partial charge in [0, 0.05) is 44.4 Å². The zero-order valence-electron chi connectivity index (χ0n) is 12.7. The fourth-order valence-electron chi connectivity index (χ4n) is 2.42. The zero-order chi connectivity index (χ0) is 15.2. The van der Waals surface area contributed by atoms with Gasteiger partial charge in [-0.1, -0.05) is 0 Å². The van der Waals surface area contributed by atoms with E-state index in [0.717, 1.165) is 55.8 Å². The molecule has 118 valence electrons. The predicted molar refractivity (Wildman–Crippen MR) is 88.6 cm³/mol. The first-order chi connectivity index (χ1) is 10.8. The number of thiazole rings is 1. The molecule has 1 N–H and O–H groups in total. The number of aromatic nitrogens is 3. The van der Waals surface area contributed by atoms with Crippen LogP contribution in [0.3, 0.4) is 0 Å². The summed E-state index contributed by atoms with van der Waals surface area (Å²) < 4.78 is 5.49. The van der Waals surface area contributed by atoms with E-state index >= 15 is 0 Å². The maximum absolute atomic E-state index is 5.49. The number of hydrogen-bond acceptors (Lipinski definition) is 7. The van der Waals surface area contributed by atoms with E-state index in [4.69, 9.17) is 4.74 Å². The largest absolute Gasteiger partial charge is 0.379 e. The number of hydrogen-bond donors (Lipinski definition) is 1. The van der Waals surface area contributed by atoms with E-state index < -0.39 is 0 Å². The van der Waals surface area contributed by atoms with Crippen molar-refractivity contribution in [1.29, 1.82) is 0 Å². The summed E-state index contributed by atoms with van der Waals surface area (Å²) >= 11 is 1.68. The summed E-state index contributed by atoms with van der Waals surface area (Å²) in [5, 5.41) is 6.57. The second-order valence-electron chi connectivity index (χ2n) is 5.40. The molecule has 1 saturated heterocycles. The van der Waals surface area contributed by atoms with E-state index in [1.54, 1.807) is 17.5 Å². The van der Waals surface area contributed by atoms with Crippen molar-refractivity contribution in [1.82, 2.24) is 15.0 Å². The number of nitrogens with one attached hydrogen (secondary N) is 1. The second-order valence-corrected chi connectivity index (χ2v) is 6.38. The van der Waals surface area contributed by atoms with Gasteiger partial charge >= 0.3 is 0 Å². The van der Waals surface area contributed by atoms with Crippen molar-refractivity contribution in [2.45, 2.75) is 25.3 Å². The van der Waals surface area contributed by atoms with Crippen molar-refractivity contribution >= 4 is 23.1 Å². The molecule has 0 bridgehead atoms. The molecule has 0 saturated carbocycles. The smallest absolute Gasteiger partial charge is 0.227 e. The van der Waals surface area contributed by atoms with Gasteiger partial charge in [0.05, 0.1) is 17.7 Å². The van der Waals surface area contributed by atoms with Gasteiger partial charge in [-0.25, -0.2) is 9.97 Å². The molecule has 1 fully saturated rings. The Morgan fingerprint density at radius 3 is 3.14 bits per heavy atom. The quantitative estimate of drug-likeness (QED) is 0.881. The van der Waals surface area contributed by atoms with E-state index in [-0.39, 0.29) is 0 Å². The molecule has 0 aromatic carbocycles. The molecular formula is C15H21N5OS. The number of likely N-dealkylation sites (N-methyl/N-ethyl adjacent to an activating group) is 1. The third-order valence-corrected chi connectivity index (χ3v) is 4.48. The van der Waals surface area contributed by atoms with Gasteiger partial charge in [0.25, 0.3) is 0 Å². The second kappa shape index (κ2) is 7.51. The molecule has 3 rings (SSSR count). The van der Waals surface area contributed by atoms with Gasteiger partial charge in [-0.3, -0.25) is 0 Å². The minimum atomic E-state index is 0.345. The highest BCUT2D eigenvalue weighted by Crippen LogP contribution is 2.15. The van der Waals surface area contributed by atoms with Crippen molar-refractivity contribution in [3.8, 4) is 0 Å². The predicted octanol–water partition coefficient (Wildman–Crippen LogP) is 2.20. The molecule has 3 heterocycles. The molecular weight excluding hydrogens is 298 g/mol. The Kier molecular flexibility index (Phi) is 5.18. The first-order valence-corrected chi connectivity index (χ1v) is 8.46. The van der Waals surface area contributed by atoms with Gasteiger partial charge in [0.1, 0.15) is 5.82 Å². The fourth-order valence-corrected chi connectivity index (χ4v) is 3.03. The highest BCUT2D eigenvalue weighted by atomic mass is 32.1. The lowest BCUT2D eigenvalue weighted by Gasteiger charge is -2.24. The van der Waals surface area contributed by atoms with Gasteiger partial charge in [-0.05, 0) is 18.9 Å². The molecule has 0 amide bonds. The Bertz CT molecular complexity index is 571. The van der Waals surface area contributed by atoms with Gasteiger partial charge in [0.15, 0.2) is 0 Å². The summed E-state index contributed by atoms with van der Waals surface area (Å²) in [5.41, 5.74) is 0. The normalized spacial score (nSPS) is 18.1. The number of nitrogens with zero attached hydrogens (tertiary/aromatic N) is 4. The van der Waals surface area contributed by atoms with Gasteiger partial charge < -0.3 is 15.0 Å². The summed E-state index contributed by atoms with van der Waals surface area (Å²) in [6, 6.07) is 2.25. The van der Waals surface area contributed by atoms with Crippen LogP contribution in [-0.2, 0) is 11.2 Å². The molecule has 1 aliphatic rings. The highest BCUT2D eigenvalue weighted by Gasteiger charge is 2.14. The molecule has 0 radical (unpaired) electrons. The molecule has 1 atom stereocenters. The summed E-state index contributed by atoms with van der Waals surface area (Å²) in [7, 11) is 2.01. The third kappa shape index (κ3) is 4.14. The third-order valence-electron chi connectivity index (χ3n) is 3.64. The first-order valence-electron chi connectivity index (χ1n) is 7.58. The monoisotopic (exact) mass is 319 g/mol. The minimum Gasteiger partial charge on any atom is -0.379 e. The summed E-state index contributed by atoms with van der Waals surface area (Å²) in [6.45, 7) is 2.47. The van der Waals surface area contributed by atoms with Gasteiger partial charge in [-0.2, -0.15) is 4.98 Å². The van der Waals surface area contributed by atoms with Gasteiger partial charge in [-0.15, -0.1) is 11.3 Å². The van der Waals surface area contributed by atoms with E-state index in [2.05, 4.69) is 25.2 Å². The Labute approximate surface area is 134 Å². The Morgan fingerprint density at radius 2 is 2.36 bits per heavy atom. The van der Waals surface area contributed by atoms with E-state index in [1.165, 1.54) is 0 Å². The lowest BCUT2D eigenvalue weighted by Crippen LogP contribution is -2.30. The molecule has 0 spiro atoms. The van der Waals surface area contributed by atoms with E-state index in [9.17, 15) is 0 Å². The summed E-state index contributed by atoms with van der Waals surface area (Å²) in [5.74, 6) is 1.60. The first kappa shape index (κ1) is 15.2. The molecule has 1 unspecified atom stereocenters. The molecule has 1 aliphatic heterocycles. The van der Waals surface area contributed by atoms with Crippen LogP contribution in [-0.4, -0.2) is 47.8 Å². The Morgan fingerprint density at radius 1 is 1.41 bits per heavy atom. The van der Waals surface area contributed by atoms with Crippen molar-refractivity contribution in [2.24, 2.45) is 0 Å². The van der Waals surface area contributed by atoms with E-state index in [0.29, 0.717) is 6.04 Å². The average Bonchev–Trinajstić information content (AvgIpc) is 3.07. The van der Waals surface area contributed by atoms with E-state index in [1.807, 2.05) is 24.7 Å². The van der Waals surface area contributed by atoms with Crippen LogP contribution >= 0.6 is 11.3 Å². The number of ether oxygens (including phenoxy) is 1. The number of anilines is 2. The molecule has 22 heavy (non-hydrogen) atoms. The van der Waals surface area contributed by atoms with Gasteiger partial charge in [0.2, 0.25) is 5.95 Å². The Hall–Kier alpha value is -1.73. The molecule has 2 aromatic rings. The molecule has 2 aromatic heterocycles. The van der Waals surface area contributed by atoms with Crippen LogP contribution in [0, 0.1) is 0 Å². The molecule has 6 nitrogen and oxygen atoms in total. The fraction of sp³-hybridized carbons (Fsp3) is 0.533. The van der Waals surface area contributed by atoms with Crippen LogP contribution in [0.2, 0.25) is 0 Å². The molecule has 7 heteroatoms. The summed E-state index contributed by atoms with van der Waals surface area (Å²) in [6.07, 6.45) is 6.77. The molecule has 0 aliphatic carbocycles. The van der Waals surface area contributed by atoms with Crippen LogP contribution < -0.4 is 10.2 Å². The van der Waals surface area contributed by atoms with Crippen LogP contribution in [0.5, 0.6) is 0 Å². The average molecular weight is 319 g/mol. The lowest BCUT2D eigenvalue weighted by molar-refractivity contribution is 0.0875. The standard InChI is InChI=1S/C15H21N5OS/c1-20(8-5-14-16-7-10-22-14)15-17-6-4-13(19-15)18-12-3-2-9-21-11-12/h4,6-7,10,12H,2-3,5,8-9,11H2,1H3,(H,17,18,19). The van der Waals surface area contributed by atoms with Crippen molar-refractivity contribution in [2.75, 3.05) is 37.0 Å². The highest BCUT2D eigenvalue weighted by molar-refractivity contribution is 7.09. The Balaban J connectivity index is 1.57. The van der Waals surface area contributed by atoms with Crippen molar-refractivity contribution < 1.29 is 4.74 Å². The van der Waals surface area contributed by atoms with Crippen molar-refractivity contribution in [3.05, 3.63) is 28.8 Å². The van der Waals surface area contributed by atoms with Crippen LogP contribution in [0.4, 0.5) is 11.8 Å². The SMILES string of the molecule is CN(CCc1nccs1)c1nccc(NC2CCCOC2)n1. The number of rotatable bonds is 6. The lowest BCUT2D eigenvalue weighted by atomic mass is 10.1. The van der Waals surface area contributed by atoms with Crippen LogP contribution in [0.25, 0.3) is 0 Å². The minimum absolute atomic E-state index is 0.345. The van der Waals surface area contributed by atoms with Crippen LogP contribution in [0.15, 0.2) is 23.8 Å². The maximum atomic E-state index is 5.49. The van der Waals surface area contributed by atoms with Crippen molar-refractivity contribution in [3.63, 3.8) is 0 Å². The van der Waals surface area contributed by atoms with Crippen LogP contribution in [0.1, 0.15) is 17.8 Å². The summed E-state index contributed by atoms with van der Waals surface area (Å²) in [4.78, 5) is 15.3. The zero-order valence-corrected chi connectivity index (χ0v) is 13.6.